The van der Waals surface area contributed by atoms with Gasteiger partial charge >= 0.3 is 0 Å². The minimum absolute atomic E-state index is 0.586. The van der Waals surface area contributed by atoms with Gasteiger partial charge in [-0.25, -0.2) is 0 Å². The first-order valence-electron chi connectivity index (χ1n) is 9.86. The maximum Gasteiger partial charge on any atom is 0.247 e. The summed E-state index contributed by atoms with van der Waals surface area (Å²) in [5.41, 5.74) is 1.29. The van der Waals surface area contributed by atoms with Gasteiger partial charge < -0.3 is 14.7 Å². The van der Waals surface area contributed by atoms with Crippen molar-refractivity contribution >= 4 is 17.5 Å². The first-order chi connectivity index (χ1) is 12.8. The zero-order chi connectivity index (χ0) is 17.8. The van der Waals surface area contributed by atoms with Crippen molar-refractivity contribution in [3.05, 3.63) is 36.5 Å². The highest BCUT2D eigenvalue weighted by molar-refractivity contribution is 5.49. The van der Waals surface area contributed by atoms with E-state index in [-0.39, 0.29) is 0 Å². The van der Waals surface area contributed by atoms with E-state index in [4.69, 9.17) is 4.98 Å². The first-order valence-corrected chi connectivity index (χ1v) is 9.86. The van der Waals surface area contributed by atoms with Gasteiger partial charge in [0.25, 0.3) is 0 Å². The van der Waals surface area contributed by atoms with Crippen LogP contribution in [-0.2, 0) is 0 Å². The Morgan fingerprint density at radius 2 is 1.73 bits per heavy atom. The number of benzene rings is 1. The van der Waals surface area contributed by atoms with Crippen molar-refractivity contribution in [1.82, 2.24) is 15.2 Å². The predicted octanol–water partition coefficient (Wildman–Crippen LogP) is 2.97. The molecule has 4 rings (SSSR count). The smallest absolute Gasteiger partial charge is 0.247 e. The molecular weight excluding hydrogens is 324 g/mol. The van der Waals surface area contributed by atoms with Gasteiger partial charge in [-0.1, -0.05) is 25.1 Å². The summed E-state index contributed by atoms with van der Waals surface area (Å²) in [7, 11) is 0. The number of hydrogen-bond donors (Lipinski definition) is 0. The third kappa shape index (κ3) is 3.59. The molecule has 1 aromatic heterocycles. The molecule has 2 fully saturated rings. The minimum atomic E-state index is 0.586. The fraction of sp³-hybridized carbons (Fsp3) is 0.550. The van der Waals surface area contributed by atoms with E-state index in [1.807, 2.05) is 6.20 Å². The van der Waals surface area contributed by atoms with Gasteiger partial charge in [0.2, 0.25) is 5.95 Å². The van der Waals surface area contributed by atoms with Gasteiger partial charge in [-0.3, -0.25) is 0 Å². The van der Waals surface area contributed by atoms with Crippen LogP contribution >= 0.6 is 0 Å². The van der Waals surface area contributed by atoms with Crippen molar-refractivity contribution < 1.29 is 0 Å². The Labute approximate surface area is 155 Å². The van der Waals surface area contributed by atoms with Crippen LogP contribution in [0.2, 0.25) is 0 Å². The van der Waals surface area contributed by atoms with Gasteiger partial charge in [0.15, 0.2) is 5.82 Å². The lowest BCUT2D eigenvalue weighted by molar-refractivity contribution is 0.445. The SMILES string of the molecule is CCC1CCCCN1c1cnnc(N2CCN(c3ccccc3)CC2)n1. The zero-order valence-electron chi connectivity index (χ0n) is 15.6. The molecule has 2 saturated heterocycles. The molecule has 2 aromatic rings. The fourth-order valence-electron chi connectivity index (χ4n) is 4.09. The molecular formula is C20H28N6. The van der Waals surface area contributed by atoms with E-state index < -0.39 is 0 Å². The monoisotopic (exact) mass is 352 g/mol. The molecule has 26 heavy (non-hydrogen) atoms. The fourth-order valence-corrected chi connectivity index (χ4v) is 4.09. The zero-order valence-corrected chi connectivity index (χ0v) is 15.6. The minimum Gasteiger partial charge on any atom is -0.368 e. The van der Waals surface area contributed by atoms with E-state index in [1.165, 1.54) is 24.9 Å². The molecule has 3 heterocycles. The van der Waals surface area contributed by atoms with E-state index in [0.717, 1.165) is 50.9 Å². The maximum atomic E-state index is 4.88. The van der Waals surface area contributed by atoms with Gasteiger partial charge in [-0.15, -0.1) is 5.10 Å². The third-order valence-corrected chi connectivity index (χ3v) is 5.61. The molecule has 2 aliphatic rings. The Morgan fingerprint density at radius 3 is 2.50 bits per heavy atom. The summed E-state index contributed by atoms with van der Waals surface area (Å²) >= 11 is 0. The summed E-state index contributed by atoms with van der Waals surface area (Å²) in [6.07, 6.45) is 6.81. The quantitative estimate of drug-likeness (QED) is 0.843. The Bertz CT molecular complexity index is 698. The largest absolute Gasteiger partial charge is 0.368 e. The summed E-state index contributed by atoms with van der Waals surface area (Å²) in [6.45, 7) is 7.17. The van der Waals surface area contributed by atoms with Crippen LogP contribution in [0.15, 0.2) is 36.5 Å². The van der Waals surface area contributed by atoms with Gasteiger partial charge in [0.1, 0.15) is 0 Å². The first kappa shape index (κ1) is 17.1. The molecule has 0 saturated carbocycles. The molecule has 0 spiro atoms. The van der Waals surface area contributed by atoms with Crippen LogP contribution in [0, 0.1) is 0 Å². The molecule has 6 heteroatoms. The van der Waals surface area contributed by atoms with Crippen molar-refractivity contribution in [2.45, 2.75) is 38.6 Å². The van der Waals surface area contributed by atoms with E-state index in [9.17, 15) is 0 Å². The summed E-state index contributed by atoms with van der Waals surface area (Å²) in [5, 5.41) is 8.60. The van der Waals surface area contributed by atoms with Crippen molar-refractivity contribution in [1.29, 1.82) is 0 Å². The molecule has 1 atom stereocenters. The second-order valence-corrected chi connectivity index (χ2v) is 7.18. The number of piperazine rings is 1. The highest BCUT2D eigenvalue weighted by Gasteiger charge is 2.24. The molecule has 138 valence electrons. The molecule has 2 aliphatic heterocycles. The number of para-hydroxylation sites is 1. The molecule has 0 amide bonds. The number of rotatable bonds is 4. The van der Waals surface area contributed by atoms with E-state index in [1.54, 1.807) is 0 Å². The van der Waals surface area contributed by atoms with E-state index in [2.05, 4.69) is 62.2 Å². The van der Waals surface area contributed by atoms with Crippen LogP contribution in [0.3, 0.4) is 0 Å². The lowest BCUT2D eigenvalue weighted by Gasteiger charge is -2.38. The summed E-state index contributed by atoms with van der Waals surface area (Å²) in [4.78, 5) is 12.0. The van der Waals surface area contributed by atoms with Crippen LogP contribution in [0.25, 0.3) is 0 Å². The van der Waals surface area contributed by atoms with Gasteiger partial charge in [-0.2, -0.15) is 10.1 Å². The number of piperidine rings is 1. The van der Waals surface area contributed by atoms with E-state index in [0.29, 0.717) is 6.04 Å². The Kier molecular flexibility index (Phi) is 5.18. The van der Waals surface area contributed by atoms with Crippen molar-refractivity contribution in [3.8, 4) is 0 Å². The Hall–Kier alpha value is -2.37. The second-order valence-electron chi connectivity index (χ2n) is 7.18. The Balaban J connectivity index is 1.44. The van der Waals surface area contributed by atoms with Crippen LogP contribution < -0.4 is 14.7 Å². The van der Waals surface area contributed by atoms with Gasteiger partial charge in [0.05, 0.1) is 6.20 Å². The second kappa shape index (κ2) is 7.89. The topological polar surface area (TPSA) is 48.4 Å². The molecule has 1 unspecified atom stereocenters. The highest BCUT2D eigenvalue weighted by atomic mass is 15.4. The predicted molar refractivity (Wildman–Crippen MR) is 106 cm³/mol. The van der Waals surface area contributed by atoms with Crippen LogP contribution in [0.1, 0.15) is 32.6 Å². The van der Waals surface area contributed by atoms with Crippen molar-refractivity contribution in [3.63, 3.8) is 0 Å². The third-order valence-electron chi connectivity index (χ3n) is 5.61. The van der Waals surface area contributed by atoms with E-state index >= 15 is 0 Å². The Morgan fingerprint density at radius 1 is 0.962 bits per heavy atom. The van der Waals surface area contributed by atoms with Gasteiger partial charge in [0, 0.05) is 44.5 Å². The highest BCUT2D eigenvalue weighted by Crippen LogP contribution is 2.26. The summed E-state index contributed by atoms with van der Waals surface area (Å²) < 4.78 is 0. The molecule has 0 N–H and O–H groups in total. The van der Waals surface area contributed by atoms with Crippen LogP contribution in [0.5, 0.6) is 0 Å². The lowest BCUT2D eigenvalue weighted by Crippen LogP contribution is -2.47. The number of hydrogen-bond acceptors (Lipinski definition) is 6. The summed E-state index contributed by atoms with van der Waals surface area (Å²) in [5.74, 6) is 1.77. The number of nitrogens with zero attached hydrogens (tertiary/aromatic N) is 6. The normalized spacial score (nSPS) is 21.1. The molecule has 0 radical (unpaired) electrons. The summed E-state index contributed by atoms with van der Waals surface area (Å²) in [6, 6.07) is 11.2. The van der Waals surface area contributed by atoms with Crippen molar-refractivity contribution in [2.24, 2.45) is 0 Å². The lowest BCUT2D eigenvalue weighted by atomic mass is 10.0. The molecule has 0 bridgehead atoms. The average molecular weight is 352 g/mol. The van der Waals surface area contributed by atoms with Crippen LogP contribution in [-0.4, -0.2) is 53.9 Å². The van der Waals surface area contributed by atoms with Crippen molar-refractivity contribution in [2.75, 3.05) is 47.4 Å². The van der Waals surface area contributed by atoms with Crippen LogP contribution in [0.4, 0.5) is 17.5 Å². The number of anilines is 3. The maximum absolute atomic E-state index is 4.88. The standard InChI is InChI=1S/C20H28N6/c1-2-17-8-6-7-11-26(17)19-16-21-23-20(22-19)25-14-12-24(13-15-25)18-9-4-3-5-10-18/h3-5,9-10,16-17H,2,6-8,11-15H2,1H3. The molecule has 0 aliphatic carbocycles. The molecule has 1 aromatic carbocycles. The molecule has 6 nitrogen and oxygen atoms in total. The average Bonchev–Trinajstić information content (AvgIpc) is 2.74. The van der Waals surface area contributed by atoms with Gasteiger partial charge in [-0.05, 0) is 37.8 Å². The number of aromatic nitrogens is 3.